The van der Waals surface area contributed by atoms with Crippen molar-refractivity contribution in [2.24, 2.45) is 0 Å². The molecule has 0 spiro atoms. The summed E-state index contributed by atoms with van der Waals surface area (Å²) in [4.78, 5) is 0. The predicted octanol–water partition coefficient (Wildman–Crippen LogP) is 2.90. The van der Waals surface area contributed by atoms with Crippen LogP contribution in [-0.4, -0.2) is 0 Å². The molecule has 1 heteroatoms. The van der Waals surface area contributed by atoms with Crippen molar-refractivity contribution in [2.75, 3.05) is 0 Å². The number of rotatable bonds is 0. The molecule has 0 atom stereocenters. The van der Waals surface area contributed by atoms with E-state index >= 15 is 0 Å². The number of benzene rings is 1. The predicted molar refractivity (Wildman–Crippen MR) is 46.8 cm³/mol. The molecule has 10 heavy (non-hydrogen) atoms. The van der Waals surface area contributed by atoms with E-state index < -0.39 is 0 Å². The minimum absolute atomic E-state index is 1.13. The Hall–Kier alpha value is -0.690. The molecule has 1 aliphatic heterocycles. The van der Waals surface area contributed by atoms with Crippen LogP contribution in [0.2, 0.25) is 0 Å². The number of hydrogen-bond acceptors (Lipinski definition) is 1. The molecule has 50 valence electrons. The highest BCUT2D eigenvalue weighted by atomic mass is 32.2. The van der Waals surface area contributed by atoms with Crippen molar-refractivity contribution >= 4 is 17.8 Å². The largest absolute Gasteiger partial charge is 0.129 e. The van der Waals surface area contributed by atoms with E-state index in [-0.39, 0.29) is 0 Å². The first-order valence-electron chi connectivity index (χ1n) is 3.33. The summed E-state index contributed by atoms with van der Waals surface area (Å²) < 4.78 is 0. The molecule has 0 bridgehead atoms. The zero-order valence-electron chi connectivity index (χ0n) is 5.58. The van der Waals surface area contributed by atoms with Crippen molar-refractivity contribution in [3.05, 3.63) is 40.8 Å². The lowest BCUT2D eigenvalue weighted by atomic mass is 10.1. The van der Waals surface area contributed by atoms with Gasteiger partial charge in [0.25, 0.3) is 0 Å². The van der Waals surface area contributed by atoms with Gasteiger partial charge in [-0.3, -0.25) is 0 Å². The highest BCUT2D eigenvalue weighted by Gasteiger charge is 2.00. The lowest BCUT2D eigenvalue weighted by Gasteiger charge is -2.07. The van der Waals surface area contributed by atoms with E-state index in [2.05, 4.69) is 35.7 Å². The van der Waals surface area contributed by atoms with Gasteiger partial charge in [0.1, 0.15) is 0 Å². The maximum absolute atomic E-state index is 2.19. The summed E-state index contributed by atoms with van der Waals surface area (Å²) in [5.74, 6) is 1.13. The van der Waals surface area contributed by atoms with Crippen LogP contribution in [-0.2, 0) is 5.75 Å². The van der Waals surface area contributed by atoms with Gasteiger partial charge in [0.05, 0.1) is 0 Å². The van der Waals surface area contributed by atoms with Crippen LogP contribution in [0.4, 0.5) is 0 Å². The summed E-state index contributed by atoms with van der Waals surface area (Å²) in [6.45, 7) is 0. The van der Waals surface area contributed by atoms with Crippen LogP contribution in [0.5, 0.6) is 0 Å². The molecular weight excluding hydrogens is 140 g/mol. The molecule has 1 aromatic carbocycles. The van der Waals surface area contributed by atoms with E-state index in [1.807, 2.05) is 11.8 Å². The molecule has 0 aliphatic carbocycles. The molecule has 0 aromatic heterocycles. The molecule has 0 saturated heterocycles. The van der Waals surface area contributed by atoms with E-state index in [1.165, 1.54) is 11.1 Å². The second-order valence-electron chi connectivity index (χ2n) is 2.31. The Labute approximate surface area is 65.0 Å². The number of fused-ring (bicyclic) bond motifs is 1. The summed E-state index contributed by atoms with van der Waals surface area (Å²) in [7, 11) is 0. The highest BCUT2D eigenvalue weighted by molar-refractivity contribution is 8.01. The average molecular weight is 148 g/mol. The van der Waals surface area contributed by atoms with Crippen LogP contribution in [0.1, 0.15) is 11.1 Å². The van der Waals surface area contributed by atoms with Gasteiger partial charge in [-0.15, -0.1) is 11.8 Å². The molecule has 1 heterocycles. The Kier molecular flexibility index (Phi) is 1.52. The van der Waals surface area contributed by atoms with E-state index in [1.54, 1.807) is 0 Å². The third-order valence-electron chi connectivity index (χ3n) is 1.64. The molecule has 0 N–H and O–H groups in total. The molecule has 1 aromatic rings. The Morgan fingerprint density at radius 1 is 1.20 bits per heavy atom. The molecule has 0 saturated carbocycles. The monoisotopic (exact) mass is 148 g/mol. The average Bonchev–Trinajstić information content (AvgIpc) is 2.05. The summed E-state index contributed by atoms with van der Waals surface area (Å²) in [6, 6.07) is 8.52. The first kappa shape index (κ1) is 6.05. The van der Waals surface area contributed by atoms with Gasteiger partial charge in [-0.05, 0) is 22.6 Å². The van der Waals surface area contributed by atoms with E-state index in [0.717, 1.165) is 5.75 Å². The fourth-order valence-corrected chi connectivity index (χ4v) is 1.87. The third-order valence-corrected chi connectivity index (χ3v) is 2.44. The molecule has 0 fully saturated rings. The van der Waals surface area contributed by atoms with Gasteiger partial charge in [0, 0.05) is 5.75 Å². The molecule has 0 radical (unpaired) electrons. The Bertz CT molecular complexity index is 263. The molecule has 0 amide bonds. The lowest BCUT2D eigenvalue weighted by Crippen LogP contribution is -1.87. The van der Waals surface area contributed by atoms with E-state index in [4.69, 9.17) is 0 Å². The van der Waals surface area contributed by atoms with Crippen molar-refractivity contribution in [3.63, 3.8) is 0 Å². The first-order chi connectivity index (χ1) is 4.97. The zero-order valence-corrected chi connectivity index (χ0v) is 6.40. The molecule has 0 unspecified atom stereocenters. The second kappa shape index (κ2) is 2.51. The number of hydrogen-bond donors (Lipinski definition) is 0. The quantitative estimate of drug-likeness (QED) is 0.545. The topological polar surface area (TPSA) is 0 Å². The number of thioether (sulfide) groups is 1. The van der Waals surface area contributed by atoms with Crippen molar-refractivity contribution < 1.29 is 0 Å². The fraction of sp³-hybridized carbons (Fsp3) is 0.111. The van der Waals surface area contributed by atoms with Crippen molar-refractivity contribution in [3.8, 4) is 0 Å². The summed E-state index contributed by atoms with van der Waals surface area (Å²) in [6.07, 6.45) is 2.17. The molecule has 1 aliphatic rings. The van der Waals surface area contributed by atoms with Crippen LogP contribution in [0.15, 0.2) is 29.7 Å². The van der Waals surface area contributed by atoms with Crippen LogP contribution in [0.25, 0.3) is 6.08 Å². The van der Waals surface area contributed by atoms with E-state index in [9.17, 15) is 0 Å². The second-order valence-corrected chi connectivity index (χ2v) is 3.21. The van der Waals surface area contributed by atoms with Gasteiger partial charge in [-0.2, -0.15) is 0 Å². The maximum Gasteiger partial charge on any atom is 0.0231 e. The van der Waals surface area contributed by atoms with Gasteiger partial charge in [-0.1, -0.05) is 24.3 Å². The Morgan fingerprint density at radius 2 is 2.10 bits per heavy atom. The van der Waals surface area contributed by atoms with Crippen molar-refractivity contribution in [2.45, 2.75) is 5.75 Å². The first-order valence-corrected chi connectivity index (χ1v) is 4.38. The van der Waals surface area contributed by atoms with Crippen LogP contribution in [0.3, 0.4) is 0 Å². The Morgan fingerprint density at radius 3 is 3.00 bits per heavy atom. The SMILES string of the molecule is C1=Cc2ccccc2CS1. The zero-order chi connectivity index (χ0) is 6.81. The summed E-state index contributed by atoms with van der Waals surface area (Å²) in [5.41, 5.74) is 2.83. The minimum atomic E-state index is 1.13. The maximum atomic E-state index is 2.19. The third kappa shape index (κ3) is 0.971. The smallest absolute Gasteiger partial charge is 0.0231 e. The van der Waals surface area contributed by atoms with Crippen LogP contribution >= 0.6 is 11.8 Å². The summed E-state index contributed by atoms with van der Waals surface area (Å²) in [5, 5.41) is 2.16. The van der Waals surface area contributed by atoms with Gasteiger partial charge in [0.2, 0.25) is 0 Å². The van der Waals surface area contributed by atoms with Gasteiger partial charge in [-0.25, -0.2) is 0 Å². The van der Waals surface area contributed by atoms with Crippen LogP contribution < -0.4 is 0 Å². The van der Waals surface area contributed by atoms with Gasteiger partial charge in [0.15, 0.2) is 0 Å². The molecule has 0 nitrogen and oxygen atoms in total. The summed E-state index contributed by atoms with van der Waals surface area (Å²) >= 11 is 1.86. The Balaban J connectivity index is 2.54. The fourth-order valence-electron chi connectivity index (χ4n) is 1.09. The highest BCUT2D eigenvalue weighted by Crippen LogP contribution is 2.24. The minimum Gasteiger partial charge on any atom is -0.129 e. The molecular formula is C9H8S. The normalized spacial score (nSPS) is 14.8. The molecule has 2 rings (SSSR count). The van der Waals surface area contributed by atoms with Crippen LogP contribution in [0, 0.1) is 0 Å². The van der Waals surface area contributed by atoms with Crippen molar-refractivity contribution in [1.82, 2.24) is 0 Å². The van der Waals surface area contributed by atoms with Gasteiger partial charge < -0.3 is 0 Å². The van der Waals surface area contributed by atoms with E-state index in [0.29, 0.717) is 0 Å². The van der Waals surface area contributed by atoms with Crippen molar-refractivity contribution in [1.29, 1.82) is 0 Å². The standard InChI is InChI=1S/C9H8S/c1-2-4-9-7-10-6-5-8(9)3-1/h1-6H,7H2. The lowest BCUT2D eigenvalue weighted by molar-refractivity contribution is 1.39. The van der Waals surface area contributed by atoms with Gasteiger partial charge >= 0.3 is 0 Å².